The predicted octanol–water partition coefficient (Wildman–Crippen LogP) is 2.91. The van der Waals surface area contributed by atoms with Gasteiger partial charge in [-0.15, -0.1) is 0 Å². The number of nitrogens with two attached hydrogens (primary N) is 1. The Morgan fingerprint density at radius 3 is 2.54 bits per heavy atom. The summed E-state index contributed by atoms with van der Waals surface area (Å²) in [5, 5.41) is 12.3. The highest BCUT2D eigenvalue weighted by molar-refractivity contribution is 5.93. The molecule has 0 fully saturated rings. The molecule has 4 heterocycles. The van der Waals surface area contributed by atoms with Crippen molar-refractivity contribution in [1.29, 1.82) is 0 Å². The van der Waals surface area contributed by atoms with Crippen molar-refractivity contribution in [1.82, 2.24) is 29.8 Å². The Labute approximate surface area is 199 Å². The quantitative estimate of drug-likeness (QED) is 0.324. The molecular weight excluding hydrogens is 446 g/mol. The standard InChI is InChI=1S/C25H19N7O3/c26-22-17(3-1-11-27-22)23-31-18-4-2-12-28-24(18)32(23)16-7-5-15(6-8-16)13-29-25(35)19-9-10-21(34)20(14-33)30-19/h1-12,14,34H,13H2,(H2,26,27)(H,29,35). The zero-order valence-corrected chi connectivity index (χ0v) is 18.3. The lowest BCUT2D eigenvalue weighted by Crippen LogP contribution is -2.24. The van der Waals surface area contributed by atoms with Crippen molar-refractivity contribution in [3.8, 4) is 22.8 Å². The molecule has 35 heavy (non-hydrogen) atoms. The average Bonchev–Trinajstić information content (AvgIpc) is 3.27. The van der Waals surface area contributed by atoms with Crippen LogP contribution in [0.25, 0.3) is 28.2 Å². The second-order valence-electron chi connectivity index (χ2n) is 7.62. The smallest absolute Gasteiger partial charge is 0.270 e. The lowest BCUT2D eigenvalue weighted by molar-refractivity contribution is 0.0946. The number of nitrogens with one attached hydrogen (secondary N) is 1. The summed E-state index contributed by atoms with van der Waals surface area (Å²) < 4.78 is 1.91. The molecule has 172 valence electrons. The molecule has 10 heteroatoms. The van der Waals surface area contributed by atoms with E-state index in [4.69, 9.17) is 10.7 Å². The molecule has 0 aliphatic carbocycles. The van der Waals surface area contributed by atoms with Crippen molar-refractivity contribution in [2.45, 2.75) is 6.54 Å². The molecule has 0 bridgehead atoms. The lowest BCUT2D eigenvalue weighted by Gasteiger charge is -2.11. The molecule has 5 aromatic rings. The van der Waals surface area contributed by atoms with Gasteiger partial charge in [-0.3, -0.25) is 14.2 Å². The minimum Gasteiger partial charge on any atom is -0.506 e. The fourth-order valence-corrected chi connectivity index (χ4v) is 3.66. The van der Waals surface area contributed by atoms with E-state index in [9.17, 15) is 14.7 Å². The van der Waals surface area contributed by atoms with E-state index >= 15 is 0 Å². The summed E-state index contributed by atoms with van der Waals surface area (Å²) in [5.41, 5.74) is 9.72. The van der Waals surface area contributed by atoms with E-state index in [2.05, 4.69) is 20.3 Å². The van der Waals surface area contributed by atoms with E-state index in [1.807, 2.05) is 47.0 Å². The van der Waals surface area contributed by atoms with Crippen LogP contribution in [0.4, 0.5) is 5.82 Å². The third-order valence-electron chi connectivity index (χ3n) is 5.39. The number of anilines is 1. The van der Waals surface area contributed by atoms with Gasteiger partial charge in [-0.1, -0.05) is 12.1 Å². The number of hydrogen-bond donors (Lipinski definition) is 3. The third kappa shape index (κ3) is 4.15. The highest BCUT2D eigenvalue weighted by Gasteiger charge is 2.17. The Bertz CT molecular complexity index is 1560. The van der Waals surface area contributed by atoms with Gasteiger partial charge in [-0.05, 0) is 54.1 Å². The first-order chi connectivity index (χ1) is 17.0. The molecule has 1 amide bonds. The van der Waals surface area contributed by atoms with Gasteiger partial charge in [0.25, 0.3) is 5.91 Å². The van der Waals surface area contributed by atoms with Gasteiger partial charge in [0.1, 0.15) is 28.5 Å². The van der Waals surface area contributed by atoms with Crippen LogP contribution in [0.5, 0.6) is 5.75 Å². The molecule has 0 unspecified atom stereocenters. The van der Waals surface area contributed by atoms with Gasteiger partial charge in [-0.2, -0.15) is 0 Å². The fraction of sp³-hybridized carbons (Fsp3) is 0.0400. The summed E-state index contributed by atoms with van der Waals surface area (Å²) in [6.07, 6.45) is 3.72. The van der Waals surface area contributed by atoms with Crippen LogP contribution in [0, 0.1) is 0 Å². The number of carbonyl (C=O) groups is 2. The topological polar surface area (TPSA) is 149 Å². The molecule has 4 aromatic heterocycles. The molecule has 4 N–H and O–H groups in total. The summed E-state index contributed by atoms with van der Waals surface area (Å²) >= 11 is 0. The first-order valence-electron chi connectivity index (χ1n) is 10.6. The molecule has 0 saturated carbocycles. The predicted molar refractivity (Wildman–Crippen MR) is 129 cm³/mol. The van der Waals surface area contributed by atoms with Crippen molar-refractivity contribution in [3.05, 3.63) is 90.0 Å². The van der Waals surface area contributed by atoms with Gasteiger partial charge in [0, 0.05) is 24.6 Å². The number of hydrogen-bond acceptors (Lipinski definition) is 8. The zero-order chi connectivity index (χ0) is 24.4. The Balaban J connectivity index is 1.42. The number of amides is 1. The van der Waals surface area contributed by atoms with Crippen molar-refractivity contribution in [3.63, 3.8) is 0 Å². The number of pyridine rings is 3. The number of aldehydes is 1. The number of aromatic hydroxyl groups is 1. The SMILES string of the molecule is Nc1ncccc1-c1nc2cccnc2n1-c1ccc(CNC(=O)c2ccc(O)c(C=O)n2)cc1. The minimum atomic E-state index is -0.462. The van der Waals surface area contributed by atoms with E-state index in [1.165, 1.54) is 12.1 Å². The summed E-state index contributed by atoms with van der Waals surface area (Å²) in [6, 6.07) is 17.5. The molecule has 0 aliphatic rings. The summed E-state index contributed by atoms with van der Waals surface area (Å²) in [6.45, 7) is 0.240. The number of aromatic nitrogens is 5. The van der Waals surface area contributed by atoms with Gasteiger partial charge in [0.15, 0.2) is 17.8 Å². The highest BCUT2D eigenvalue weighted by atomic mass is 16.3. The monoisotopic (exact) mass is 465 g/mol. The summed E-state index contributed by atoms with van der Waals surface area (Å²) in [5.74, 6) is 0.246. The second-order valence-corrected chi connectivity index (χ2v) is 7.62. The van der Waals surface area contributed by atoms with Crippen molar-refractivity contribution in [2.75, 3.05) is 5.73 Å². The molecule has 0 atom stereocenters. The van der Waals surface area contributed by atoms with E-state index in [1.54, 1.807) is 18.5 Å². The van der Waals surface area contributed by atoms with Crippen LogP contribution in [0.1, 0.15) is 26.5 Å². The van der Waals surface area contributed by atoms with Crippen LogP contribution >= 0.6 is 0 Å². The van der Waals surface area contributed by atoms with E-state index in [-0.39, 0.29) is 23.7 Å². The van der Waals surface area contributed by atoms with Crippen LogP contribution < -0.4 is 11.1 Å². The van der Waals surface area contributed by atoms with Crippen molar-refractivity contribution >= 4 is 29.2 Å². The van der Waals surface area contributed by atoms with Crippen molar-refractivity contribution < 1.29 is 14.7 Å². The number of rotatable bonds is 6. The molecule has 1 aromatic carbocycles. The maximum absolute atomic E-state index is 12.4. The van der Waals surface area contributed by atoms with Crippen LogP contribution in [0.2, 0.25) is 0 Å². The van der Waals surface area contributed by atoms with Crippen LogP contribution in [0.3, 0.4) is 0 Å². The maximum atomic E-state index is 12.4. The third-order valence-corrected chi connectivity index (χ3v) is 5.39. The lowest BCUT2D eigenvalue weighted by atomic mass is 10.2. The van der Waals surface area contributed by atoms with Gasteiger partial charge in [-0.25, -0.2) is 19.9 Å². The number of nitrogens with zero attached hydrogens (tertiary/aromatic N) is 5. The number of imidazole rings is 1. The minimum absolute atomic E-state index is 0.0381. The average molecular weight is 465 g/mol. The first-order valence-corrected chi connectivity index (χ1v) is 10.6. The van der Waals surface area contributed by atoms with Gasteiger partial charge in [0.05, 0.1) is 5.56 Å². The van der Waals surface area contributed by atoms with E-state index in [0.717, 1.165) is 16.8 Å². The number of carbonyl (C=O) groups excluding carboxylic acids is 2. The Hall–Kier alpha value is -5.12. The van der Waals surface area contributed by atoms with Crippen LogP contribution in [-0.2, 0) is 6.54 Å². The summed E-state index contributed by atoms with van der Waals surface area (Å²) in [4.78, 5) is 40.6. The Morgan fingerprint density at radius 2 is 1.77 bits per heavy atom. The molecule has 0 radical (unpaired) electrons. The number of fused-ring (bicyclic) bond motifs is 1. The van der Waals surface area contributed by atoms with E-state index < -0.39 is 5.91 Å². The molecule has 0 spiro atoms. The largest absolute Gasteiger partial charge is 0.506 e. The Morgan fingerprint density at radius 1 is 1.00 bits per heavy atom. The first kappa shape index (κ1) is 21.7. The molecule has 5 rings (SSSR count). The zero-order valence-electron chi connectivity index (χ0n) is 18.3. The van der Waals surface area contributed by atoms with Crippen LogP contribution in [-0.4, -0.2) is 41.8 Å². The second kappa shape index (κ2) is 9.02. The maximum Gasteiger partial charge on any atom is 0.270 e. The highest BCUT2D eigenvalue weighted by Crippen LogP contribution is 2.30. The number of nitrogen functional groups attached to an aromatic ring is 1. The molecular formula is C25H19N7O3. The van der Waals surface area contributed by atoms with Gasteiger partial charge < -0.3 is 16.2 Å². The molecule has 10 nitrogen and oxygen atoms in total. The normalized spacial score (nSPS) is 10.9. The fourth-order valence-electron chi connectivity index (χ4n) is 3.66. The Kier molecular flexibility index (Phi) is 5.60. The van der Waals surface area contributed by atoms with Gasteiger partial charge in [0.2, 0.25) is 0 Å². The van der Waals surface area contributed by atoms with Gasteiger partial charge >= 0.3 is 0 Å². The summed E-state index contributed by atoms with van der Waals surface area (Å²) in [7, 11) is 0. The molecule has 0 aliphatic heterocycles. The van der Waals surface area contributed by atoms with E-state index in [0.29, 0.717) is 29.1 Å². The number of benzene rings is 1. The van der Waals surface area contributed by atoms with Crippen molar-refractivity contribution in [2.24, 2.45) is 0 Å². The van der Waals surface area contributed by atoms with Crippen LogP contribution in [0.15, 0.2) is 73.1 Å². The molecule has 0 saturated heterocycles.